The third-order valence-corrected chi connectivity index (χ3v) is 7.07. The molecule has 9 heteroatoms. The maximum atomic E-state index is 12.7. The van der Waals surface area contributed by atoms with Gasteiger partial charge in [-0.3, -0.25) is 4.79 Å². The number of hydrogen-bond acceptors (Lipinski definition) is 6. The van der Waals surface area contributed by atoms with Crippen LogP contribution in [0.5, 0.6) is 11.5 Å². The second-order valence-corrected chi connectivity index (χ2v) is 9.32. The summed E-state index contributed by atoms with van der Waals surface area (Å²) in [4.78, 5) is 12.4. The molecule has 1 fully saturated rings. The number of sulfonamides is 1. The van der Waals surface area contributed by atoms with Crippen LogP contribution in [0.15, 0.2) is 53.4 Å². The fraction of sp³-hybridized carbons (Fsp3) is 0.375. The molecule has 0 radical (unpaired) electrons. The van der Waals surface area contributed by atoms with Crippen molar-refractivity contribution in [1.29, 1.82) is 0 Å². The number of amides is 1. The van der Waals surface area contributed by atoms with Crippen LogP contribution in [0.1, 0.15) is 18.1 Å². The highest BCUT2D eigenvalue weighted by atomic mass is 32.2. The van der Waals surface area contributed by atoms with E-state index in [4.69, 9.17) is 14.2 Å². The van der Waals surface area contributed by atoms with E-state index in [1.165, 1.54) is 10.4 Å². The number of benzene rings is 2. The summed E-state index contributed by atoms with van der Waals surface area (Å²) in [7, 11) is -1.93. The first-order valence-corrected chi connectivity index (χ1v) is 12.3. The minimum absolute atomic E-state index is 0.214. The van der Waals surface area contributed by atoms with Crippen LogP contribution in [-0.4, -0.2) is 65.2 Å². The van der Waals surface area contributed by atoms with Crippen molar-refractivity contribution < 1.29 is 27.4 Å². The van der Waals surface area contributed by atoms with Crippen LogP contribution < -0.4 is 14.8 Å². The highest BCUT2D eigenvalue weighted by molar-refractivity contribution is 7.89. The maximum absolute atomic E-state index is 12.7. The molecule has 2 aromatic carbocycles. The Kier molecular flexibility index (Phi) is 8.87. The predicted octanol–water partition coefficient (Wildman–Crippen LogP) is 2.49. The fourth-order valence-electron chi connectivity index (χ4n) is 3.39. The lowest BCUT2D eigenvalue weighted by Gasteiger charge is -2.26. The summed E-state index contributed by atoms with van der Waals surface area (Å²) < 4.78 is 42.8. The first kappa shape index (κ1) is 24.8. The van der Waals surface area contributed by atoms with Gasteiger partial charge in [0.05, 0.1) is 31.8 Å². The summed E-state index contributed by atoms with van der Waals surface area (Å²) in [5, 5.41) is 2.84. The van der Waals surface area contributed by atoms with E-state index in [2.05, 4.69) is 5.32 Å². The largest absolute Gasteiger partial charge is 0.493 e. The summed E-state index contributed by atoms with van der Waals surface area (Å²) in [5.74, 6) is 1.05. The van der Waals surface area contributed by atoms with Gasteiger partial charge < -0.3 is 19.5 Å². The minimum atomic E-state index is -3.50. The number of carbonyl (C=O) groups excluding carboxylic acids is 1. The van der Waals surface area contributed by atoms with E-state index in [9.17, 15) is 13.2 Å². The van der Waals surface area contributed by atoms with Gasteiger partial charge in [-0.2, -0.15) is 4.31 Å². The molecule has 0 saturated carbocycles. The van der Waals surface area contributed by atoms with Crippen LogP contribution in [0.3, 0.4) is 0 Å². The molecule has 1 heterocycles. The van der Waals surface area contributed by atoms with E-state index in [0.29, 0.717) is 57.4 Å². The van der Waals surface area contributed by atoms with Crippen molar-refractivity contribution in [2.24, 2.45) is 0 Å². The van der Waals surface area contributed by atoms with E-state index in [1.54, 1.807) is 43.5 Å². The molecule has 0 spiro atoms. The zero-order valence-electron chi connectivity index (χ0n) is 19.0. The Hall–Kier alpha value is -2.88. The second-order valence-electron chi connectivity index (χ2n) is 7.38. The number of nitrogens with one attached hydrogen (secondary N) is 1. The third kappa shape index (κ3) is 6.80. The van der Waals surface area contributed by atoms with Crippen molar-refractivity contribution in [3.05, 3.63) is 59.7 Å². The quantitative estimate of drug-likeness (QED) is 0.532. The highest BCUT2D eigenvalue weighted by Crippen LogP contribution is 2.28. The Morgan fingerprint density at radius 1 is 1.12 bits per heavy atom. The van der Waals surface area contributed by atoms with Crippen molar-refractivity contribution >= 4 is 22.0 Å². The van der Waals surface area contributed by atoms with Crippen molar-refractivity contribution in [1.82, 2.24) is 9.62 Å². The normalized spacial score (nSPS) is 14.8. The van der Waals surface area contributed by atoms with E-state index < -0.39 is 10.0 Å². The van der Waals surface area contributed by atoms with Crippen LogP contribution in [0.25, 0.3) is 6.08 Å². The Labute approximate surface area is 195 Å². The Morgan fingerprint density at radius 2 is 1.85 bits per heavy atom. The number of carbonyl (C=O) groups is 1. The van der Waals surface area contributed by atoms with Gasteiger partial charge in [0, 0.05) is 25.7 Å². The van der Waals surface area contributed by atoms with Crippen molar-refractivity contribution in [2.45, 2.75) is 18.2 Å². The fourth-order valence-corrected chi connectivity index (χ4v) is 4.80. The Bertz CT molecular complexity index is 1060. The topological polar surface area (TPSA) is 94.2 Å². The maximum Gasteiger partial charge on any atom is 0.244 e. The number of ether oxygens (including phenoxy) is 3. The zero-order valence-corrected chi connectivity index (χ0v) is 19.8. The standard InChI is InChI=1S/C24H30N2O6S/c1-3-32-22-10-6-20(18-23(22)30-2)7-11-24(27)25-13-12-19-4-8-21(9-5-19)33(28,29)26-14-16-31-17-15-26/h4-11,18H,3,12-17H2,1-2H3,(H,25,27)/b11-7+. The molecule has 33 heavy (non-hydrogen) atoms. The molecule has 1 aliphatic rings. The summed E-state index contributed by atoms with van der Waals surface area (Å²) in [6.07, 6.45) is 3.76. The molecular weight excluding hydrogens is 444 g/mol. The van der Waals surface area contributed by atoms with Crippen molar-refractivity contribution in [3.8, 4) is 11.5 Å². The summed E-state index contributed by atoms with van der Waals surface area (Å²) in [6.45, 7) is 4.44. The molecule has 1 N–H and O–H groups in total. The molecule has 0 atom stereocenters. The molecule has 0 aromatic heterocycles. The monoisotopic (exact) mass is 474 g/mol. The molecular formula is C24H30N2O6S. The van der Waals surface area contributed by atoms with Crippen LogP contribution >= 0.6 is 0 Å². The molecule has 2 aromatic rings. The van der Waals surface area contributed by atoms with Gasteiger partial charge in [0.2, 0.25) is 15.9 Å². The molecule has 8 nitrogen and oxygen atoms in total. The molecule has 1 aliphatic heterocycles. The second kappa shape index (κ2) is 11.8. The van der Waals surface area contributed by atoms with Gasteiger partial charge >= 0.3 is 0 Å². The molecule has 0 unspecified atom stereocenters. The predicted molar refractivity (Wildman–Crippen MR) is 126 cm³/mol. The number of hydrogen-bond donors (Lipinski definition) is 1. The van der Waals surface area contributed by atoms with E-state index in [1.807, 2.05) is 19.1 Å². The van der Waals surface area contributed by atoms with E-state index in [0.717, 1.165) is 11.1 Å². The third-order valence-electron chi connectivity index (χ3n) is 5.16. The minimum Gasteiger partial charge on any atom is -0.493 e. The SMILES string of the molecule is CCOc1ccc(/C=C/C(=O)NCCc2ccc(S(=O)(=O)N3CCOCC3)cc2)cc1OC. The van der Waals surface area contributed by atoms with Gasteiger partial charge in [0.25, 0.3) is 0 Å². The number of rotatable bonds is 10. The van der Waals surface area contributed by atoms with E-state index in [-0.39, 0.29) is 10.8 Å². The first-order chi connectivity index (χ1) is 15.9. The Morgan fingerprint density at radius 3 is 2.52 bits per heavy atom. The Balaban J connectivity index is 1.49. The van der Waals surface area contributed by atoms with Crippen LogP contribution in [-0.2, 0) is 26.0 Å². The molecule has 0 aliphatic carbocycles. The molecule has 1 amide bonds. The van der Waals surface area contributed by atoms with Gasteiger partial charge in [0.1, 0.15) is 0 Å². The van der Waals surface area contributed by atoms with Crippen molar-refractivity contribution in [3.63, 3.8) is 0 Å². The number of methoxy groups -OCH3 is 1. The lowest BCUT2D eigenvalue weighted by Crippen LogP contribution is -2.40. The van der Waals surface area contributed by atoms with E-state index >= 15 is 0 Å². The van der Waals surface area contributed by atoms with Crippen LogP contribution in [0, 0.1) is 0 Å². The summed E-state index contributed by atoms with van der Waals surface area (Å²) in [5.41, 5.74) is 1.76. The molecule has 0 bridgehead atoms. The smallest absolute Gasteiger partial charge is 0.244 e. The molecule has 1 saturated heterocycles. The lowest BCUT2D eigenvalue weighted by molar-refractivity contribution is -0.116. The van der Waals surface area contributed by atoms with Gasteiger partial charge in [-0.25, -0.2) is 8.42 Å². The van der Waals surface area contributed by atoms with Gasteiger partial charge in [0.15, 0.2) is 11.5 Å². The number of nitrogens with zero attached hydrogens (tertiary/aromatic N) is 1. The first-order valence-electron chi connectivity index (χ1n) is 10.9. The number of morpholine rings is 1. The summed E-state index contributed by atoms with van der Waals surface area (Å²) in [6, 6.07) is 12.2. The van der Waals surface area contributed by atoms with Gasteiger partial charge in [-0.05, 0) is 54.8 Å². The van der Waals surface area contributed by atoms with Crippen LogP contribution in [0.4, 0.5) is 0 Å². The van der Waals surface area contributed by atoms with Crippen LogP contribution in [0.2, 0.25) is 0 Å². The molecule has 178 valence electrons. The van der Waals surface area contributed by atoms with Gasteiger partial charge in [-0.1, -0.05) is 18.2 Å². The van der Waals surface area contributed by atoms with Crippen molar-refractivity contribution in [2.75, 3.05) is 46.6 Å². The zero-order chi connectivity index (χ0) is 23.7. The highest BCUT2D eigenvalue weighted by Gasteiger charge is 2.26. The van der Waals surface area contributed by atoms with Gasteiger partial charge in [-0.15, -0.1) is 0 Å². The lowest BCUT2D eigenvalue weighted by atomic mass is 10.1. The molecule has 3 rings (SSSR count). The average Bonchev–Trinajstić information content (AvgIpc) is 2.84. The summed E-state index contributed by atoms with van der Waals surface area (Å²) >= 11 is 0. The average molecular weight is 475 g/mol.